The number of aryl methyl sites for hydroxylation is 1. The molecule has 0 bridgehead atoms. The molecule has 1 aliphatic rings. The summed E-state index contributed by atoms with van der Waals surface area (Å²) in [6.45, 7) is 2.00. The van der Waals surface area contributed by atoms with Gasteiger partial charge in [0, 0.05) is 10.6 Å². The highest BCUT2D eigenvalue weighted by Crippen LogP contribution is 2.35. The summed E-state index contributed by atoms with van der Waals surface area (Å²) >= 11 is 1.86. The van der Waals surface area contributed by atoms with E-state index in [1.165, 1.54) is 10.5 Å². The number of fused-ring (bicyclic) bond motifs is 1. The SMILES string of the molecule is COc1cc(CC(=O)N[C@H]2CCSc3ccccc32)ccc1C. The van der Waals surface area contributed by atoms with Crippen LogP contribution in [-0.4, -0.2) is 18.8 Å². The molecule has 1 atom stereocenters. The molecule has 2 aromatic rings. The van der Waals surface area contributed by atoms with Crippen molar-refractivity contribution in [3.63, 3.8) is 0 Å². The average Bonchev–Trinajstić information content (AvgIpc) is 2.57. The van der Waals surface area contributed by atoms with Crippen LogP contribution in [0.25, 0.3) is 0 Å². The van der Waals surface area contributed by atoms with E-state index in [0.29, 0.717) is 6.42 Å². The van der Waals surface area contributed by atoms with Gasteiger partial charge in [0.15, 0.2) is 0 Å². The van der Waals surface area contributed by atoms with E-state index < -0.39 is 0 Å². The largest absolute Gasteiger partial charge is 0.496 e. The van der Waals surface area contributed by atoms with Crippen molar-refractivity contribution in [1.82, 2.24) is 5.32 Å². The molecule has 120 valence electrons. The third-order valence-corrected chi connectivity index (χ3v) is 5.25. The topological polar surface area (TPSA) is 38.3 Å². The zero-order valence-corrected chi connectivity index (χ0v) is 14.3. The number of carbonyl (C=O) groups is 1. The zero-order valence-electron chi connectivity index (χ0n) is 13.5. The number of thioether (sulfide) groups is 1. The molecule has 1 aliphatic heterocycles. The smallest absolute Gasteiger partial charge is 0.224 e. The minimum atomic E-state index is 0.0580. The van der Waals surface area contributed by atoms with Gasteiger partial charge < -0.3 is 10.1 Å². The van der Waals surface area contributed by atoms with Crippen molar-refractivity contribution >= 4 is 17.7 Å². The summed E-state index contributed by atoms with van der Waals surface area (Å²) in [7, 11) is 1.66. The van der Waals surface area contributed by atoms with Gasteiger partial charge in [-0.2, -0.15) is 0 Å². The summed E-state index contributed by atoms with van der Waals surface area (Å²) in [5.74, 6) is 1.93. The standard InChI is InChI=1S/C19H21NO2S/c1-13-7-8-14(11-17(13)22-2)12-19(21)20-16-9-10-23-18-6-4-3-5-15(16)18/h3-8,11,16H,9-10,12H2,1-2H3,(H,20,21)/t16-/m0/s1. The van der Waals surface area contributed by atoms with Crippen molar-refractivity contribution in [2.24, 2.45) is 0 Å². The second kappa shape index (κ2) is 7.09. The van der Waals surface area contributed by atoms with Gasteiger partial charge in [0.2, 0.25) is 5.91 Å². The lowest BCUT2D eigenvalue weighted by Gasteiger charge is -2.26. The highest BCUT2D eigenvalue weighted by Gasteiger charge is 2.21. The molecule has 3 nitrogen and oxygen atoms in total. The molecule has 3 rings (SSSR count). The predicted octanol–water partition coefficient (Wildman–Crippen LogP) is 3.90. The molecule has 0 aliphatic carbocycles. The number of nitrogens with one attached hydrogen (secondary N) is 1. The molecule has 1 heterocycles. The molecule has 0 saturated carbocycles. The summed E-state index contributed by atoms with van der Waals surface area (Å²) < 4.78 is 5.33. The Balaban J connectivity index is 1.69. The molecule has 2 aromatic carbocycles. The number of rotatable bonds is 4. The van der Waals surface area contributed by atoms with Crippen LogP contribution < -0.4 is 10.1 Å². The molecule has 1 amide bonds. The molecule has 1 N–H and O–H groups in total. The fourth-order valence-corrected chi connectivity index (χ4v) is 4.02. The minimum Gasteiger partial charge on any atom is -0.496 e. The van der Waals surface area contributed by atoms with Gasteiger partial charge in [-0.3, -0.25) is 4.79 Å². The van der Waals surface area contributed by atoms with E-state index in [2.05, 4.69) is 23.5 Å². The van der Waals surface area contributed by atoms with Crippen molar-refractivity contribution in [3.8, 4) is 5.75 Å². The summed E-state index contributed by atoms with van der Waals surface area (Å²) in [4.78, 5) is 13.7. The Morgan fingerprint density at radius 3 is 2.96 bits per heavy atom. The minimum absolute atomic E-state index is 0.0580. The highest BCUT2D eigenvalue weighted by molar-refractivity contribution is 7.99. The predicted molar refractivity (Wildman–Crippen MR) is 94.1 cm³/mol. The summed E-state index contributed by atoms with van der Waals surface area (Å²) in [5, 5.41) is 3.18. The van der Waals surface area contributed by atoms with Crippen LogP contribution >= 0.6 is 11.8 Å². The van der Waals surface area contributed by atoms with Crippen LogP contribution in [0.4, 0.5) is 0 Å². The maximum Gasteiger partial charge on any atom is 0.224 e. The van der Waals surface area contributed by atoms with Crippen LogP contribution in [0.2, 0.25) is 0 Å². The van der Waals surface area contributed by atoms with Crippen molar-refractivity contribution in [2.75, 3.05) is 12.9 Å². The quantitative estimate of drug-likeness (QED) is 0.925. The maximum atomic E-state index is 12.4. The van der Waals surface area contributed by atoms with Crippen molar-refractivity contribution in [1.29, 1.82) is 0 Å². The number of hydrogen-bond acceptors (Lipinski definition) is 3. The van der Waals surface area contributed by atoms with Crippen LogP contribution in [-0.2, 0) is 11.2 Å². The Kier molecular flexibility index (Phi) is 4.91. The normalized spacial score (nSPS) is 16.5. The van der Waals surface area contributed by atoms with E-state index in [0.717, 1.165) is 29.1 Å². The lowest BCUT2D eigenvalue weighted by Crippen LogP contribution is -2.31. The molecule has 0 spiro atoms. The van der Waals surface area contributed by atoms with Crippen molar-refractivity contribution in [2.45, 2.75) is 30.7 Å². The van der Waals surface area contributed by atoms with Crippen molar-refractivity contribution in [3.05, 3.63) is 59.2 Å². The van der Waals surface area contributed by atoms with Gasteiger partial charge in [-0.15, -0.1) is 11.8 Å². The van der Waals surface area contributed by atoms with E-state index >= 15 is 0 Å². The molecular weight excluding hydrogens is 306 g/mol. The second-order valence-corrected chi connectivity index (χ2v) is 6.91. The second-order valence-electron chi connectivity index (χ2n) is 5.78. The first-order valence-corrected chi connectivity index (χ1v) is 8.80. The Morgan fingerprint density at radius 2 is 2.13 bits per heavy atom. The molecule has 0 unspecified atom stereocenters. The number of carbonyl (C=O) groups excluding carboxylic acids is 1. The molecule has 0 aromatic heterocycles. The van der Waals surface area contributed by atoms with Gasteiger partial charge in [-0.05, 0) is 42.2 Å². The maximum absolute atomic E-state index is 12.4. The first kappa shape index (κ1) is 15.9. The fourth-order valence-electron chi connectivity index (χ4n) is 2.90. The third-order valence-electron chi connectivity index (χ3n) is 4.13. The third kappa shape index (κ3) is 3.70. The Morgan fingerprint density at radius 1 is 1.30 bits per heavy atom. The van der Waals surface area contributed by atoms with Gasteiger partial charge in [0.25, 0.3) is 0 Å². The number of benzene rings is 2. The molecule has 0 fully saturated rings. The van der Waals surface area contributed by atoms with Crippen molar-refractivity contribution < 1.29 is 9.53 Å². The Labute approximate surface area is 141 Å². The first-order chi connectivity index (χ1) is 11.2. The van der Waals surface area contributed by atoms with Crippen LogP contribution in [0.15, 0.2) is 47.4 Å². The first-order valence-electron chi connectivity index (χ1n) is 7.82. The zero-order chi connectivity index (χ0) is 16.2. The van der Waals surface area contributed by atoms with Gasteiger partial charge in [-0.1, -0.05) is 30.3 Å². The van der Waals surface area contributed by atoms with Gasteiger partial charge in [0.05, 0.1) is 19.6 Å². The average molecular weight is 327 g/mol. The van der Waals surface area contributed by atoms with E-state index in [1.807, 2.05) is 43.0 Å². The number of amides is 1. The highest BCUT2D eigenvalue weighted by atomic mass is 32.2. The lowest BCUT2D eigenvalue weighted by atomic mass is 10.0. The molecule has 0 radical (unpaired) electrons. The molecule has 0 saturated heterocycles. The van der Waals surface area contributed by atoms with E-state index in [9.17, 15) is 4.79 Å². The van der Waals surface area contributed by atoms with Crippen LogP contribution in [0.1, 0.15) is 29.2 Å². The summed E-state index contributed by atoms with van der Waals surface area (Å²) in [6.07, 6.45) is 1.35. The van der Waals surface area contributed by atoms with Crippen LogP contribution in [0.5, 0.6) is 5.75 Å². The fraction of sp³-hybridized carbons (Fsp3) is 0.316. The van der Waals surface area contributed by atoms with E-state index in [1.54, 1.807) is 7.11 Å². The summed E-state index contributed by atoms with van der Waals surface area (Å²) in [6, 6.07) is 14.4. The van der Waals surface area contributed by atoms with Crippen LogP contribution in [0.3, 0.4) is 0 Å². The van der Waals surface area contributed by atoms with Gasteiger partial charge in [0.1, 0.15) is 5.75 Å². The monoisotopic (exact) mass is 327 g/mol. The molecule has 4 heteroatoms. The van der Waals surface area contributed by atoms with E-state index in [4.69, 9.17) is 4.74 Å². The number of methoxy groups -OCH3 is 1. The van der Waals surface area contributed by atoms with Gasteiger partial charge >= 0.3 is 0 Å². The Bertz CT molecular complexity index is 714. The van der Waals surface area contributed by atoms with E-state index in [-0.39, 0.29) is 11.9 Å². The molecule has 23 heavy (non-hydrogen) atoms. The summed E-state index contributed by atoms with van der Waals surface area (Å²) in [5.41, 5.74) is 3.29. The number of hydrogen-bond donors (Lipinski definition) is 1. The lowest BCUT2D eigenvalue weighted by molar-refractivity contribution is -0.121. The van der Waals surface area contributed by atoms with Gasteiger partial charge in [-0.25, -0.2) is 0 Å². The number of ether oxygens (including phenoxy) is 1. The Hall–Kier alpha value is -1.94. The molecular formula is C19H21NO2S. The van der Waals surface area contributed by atoms with Crippen LogP contribution in [0, 0.1) is 6.92 Å².